The summed E-state index contributed by atoms with van der Waals surface area (Å²) < 4.78 is 88.4. The zero-order chi connectivity index (χ0) is 32.4. The molecule has 1 saturated carbocycles. The summed E-state index contributed by atoms with van der Waals surface area (Å²) in [5.41, 5.74) is -1.96. The molecule has 0 atom stereocenters. The molecule has 1 aliphatic carbocycles. The first-order chi connectivity index (χ1) is 21.3. The van der Waals surface area contributed by atoms with Crippen LogP contribution in [0.5, 0.6) is 5.75 Å². The van der Waals surface area contributed by atoms with Gasteiger partial charge in [0.25, 0.3) is 0 Å². The highest BCUT2D eigenvalue weighted by Crippen LogP contribution is 2.37. The first kappa shape index (κ1) is 32.3. The number of amides is 1. The second-order valence-corrected chi connectivity index (χ2v) is 11.0. The number of ether oxygens (including phenoxy) is 1. The molecule has 0 bridgehead atoms. The fourth-order valence-corrected chi connectivity index (χ4v) is 5.78. The molecule has 0 spiro atoms. The van der Waals surface area contributed by atoms with Gasteiger partial charge in [-0.1, -0.05) is 24.4 Å². The first-order valence-corrected chi connectivity index (χ1v) is 14.5. The van der Waals surface area contributed by atoms with Gasteiger partial charge in [-0.15, -0.1) is 0 Å². The van der Waals surface area contributed by atoms with E-state index in [4.69, 9.17) is 21.3 Å². The highest BCUT2D eigenvalue weighted by Gasteiger charge is 2.38. The zero-order valence-electron chi connectivity index (χ0n) is 24.0. The molecule has 0 N–H and O–H groups in total. The fourth-order valence-electron chi connectivity index (χ4n) is 5.53. The van der Waals surface area contributed by atoms with Gasteiger partial charge in [0.15, 0.2) is 11.6 Å². The van der Waals surface area contributed by atoms with Crippen LogP contribution in [0.25, 0.3) is 22.8 Å². The lowest BCUT2D eigenvalue weighted by Crippen LogP contribution is -2.42. The number of hydrogen-bond donors (Lipinski definition) is 0. The Morgan fingerprint density at radius 2 is 1.69 bits per heavy atom. The molecule has 1 fully saturated rings. The number of methoxy groups -OCH3 is 1. The second-order valence-electron chi connectivity index (χ2n) is 10.6. The van der Waals surface area contributed by atoms with Gasteiger partial charge in [0.2, 0.25) is 5.91 Å². The predicted octanol–water partition coefficient (Wildman–Crippen LogP) is 7.72. The smallest absolute Gasteiger partial charge is 0.416 e. The van der Waals surface area contributed by atoms with E-state index in [1.165, 1.54) is 12.0 Å². The van der Waals surface area contributed by atoms with Crippen molar-refractivity contribution in [3.63, 3.8) is 0 Å². The number of rotatable bonds is 9. The molecule has 7 nitrogen and oxygen atoms in total. The maximum absolute atomic E-state index is 13.8. The predicted molar refractivity (Wildman–Crippen MR) is 154 cm³/mol. The summed E-state index contributed by atoms with van der Waals surface area (Å²) in [7, 11) is 1.48. The summed E-state index contributed by atoms with van der Waals surface area (Å²) in [6.45, 7) is 0.147. The van der Waals surface area contributed by atoms with Crippen LogP contribution in [0.4, 0.5) is 26.3 Å². The number of halogens is 7. The third-order valence-electron chi connectivity index (χ3n) is 7.74. The maximum atomic E-state index is 13.8. The SMILES string of the molecule is COc1ccc(-c2nc(-c3ccncc3)nn2CCN(C(=O)Cc2cc(C(F)(F)F)ccc2C(F)(F)F)C2CCCC2)cc1Cl. The van der Waals surface area contributed by atoms with Gasteiger partial charge < -0.3 is 9.64 Å². The van der Waals surface area contributed by atoms with Crippen LogP contribution in [0.15, 0.2) is 60.9 Å². The third kappa shape index (κ3) is 7.41. The number of benzene rings is 2. The van der Waals surface area contributed by atoms with Gasteiger partial charge in [0, 0.05) is 36.1 Å². The molecule has 0 unspecified atom stereocenters. The summed E-state index contributed by atoms with van der Waals surface area (Å²) in [6, 6.07) is 9.42. The second kappa shape index (κ2) is 13.1. The van der Waals surface area contributed by atoms with E-state index in [-0.39, 0.29) is 19.1 Å². The van der Waals surface area contributed by atoms with Crippen LogP contribution in [0.1, 0.15) is 42.4 Å². The summed E-state index contributed by atoms with van der Waals surface area (Å²) in [6.07, 6.45) is -4.58. The number of nitrogens with zero attached hydrogens (tertiary/aromatic N) is 5. The Morgan fingerprint density at radius 1 is 0.978 bits per heavy atom. The molecule has 1 aliphatic rings. The highest BCUT2D eigenvalue weighted by atomic mass is 35.5. The molecule has 5 rings (SSSR count). The number of aromatic nitrogens is 4. The fraction of sp³-hybridized carbons (Fsp3) is 0.355. The average Bonchev–Trinajstić information content (AvgIpc) is 3.68. The molecule has 1 amide bonds. The molecule has 2 aromatic carbocycles. The van der Waals surface area contributed by atoms with Crippen LogP contribution >= 0.6 is 11.6 Å². The van der Waals surface area contributed by atoms with Gasteiger partial charge in [-0.25, -0.2) is 9.67 Å². The van der Waals surface area contributed by atoms with Crippen molar-refractivity contribution in [2.24, 2.45) is 0 Å². The van der Waals surface area contributed by atoms with E-state index in [0.29, 0.717) is 64.6 Å². The molecule has 238 valence electrons. The van der Waals surface area contributed by atoms with E-state index >= 15 is 0 Å². The van der Waals surface area contributed by atoms with E-state index in [9.17, 15) is 31.1 Å². The lowest BCUT2D eigenvalue weighted by Gasteiger charge is -2.30. The monoisotopic (exact) mass is 651 g/mol. The van der Waals surface area contributed by atoms with Crippen LogP contribution in [-0.2, 0) is 30.1 Å². The average molecular weight is 652 g/mol. The number of hydrogen-bond acceptors (Lipinski definition) is 5. The molecule has 0 radical (unpaired) electrons. The lowest BCUT2D eigenvalue weighted by molar-refractivity contribution is -0.142. The molecule has 0 aliphatic heterocycles. The molecule has 4 aromatic rings. The van der Waals surface area contributed by atoms with Crippen molar-refractivity contribution in [3.05, 3.63) is 82.6 Å². The molecule has 2 heterocycles. The van der Waals surface area contributed by atoms with Crippen molar-refractivity contribution in [1.82, 2.24) is 24.6 Å². The minimum Gasteiger partial charge on any atom is -0.495 e. The van der Waals surface area contributed by atoms with Crippen molar-refractivity contribution in [2.45, 2.75) is 57.0 Å². The highest BCUT2D eigenvalue weighted by molar-refractivity contribution is 6.32. The molecule has 0 saturated heterocycles. The van der Waals surface area contributed by atoms with Gasteiger partial charge in [0.1, 0.15) is 5.75 Å². The van der Waals surface area contributed by atoms with Gasteiger partial charge in [-0.2, -0.15) is 31.4 Å². The van der Waals surface area contributed by atoms with Crippen molar-refractivity contribution in [1.29, 1.82) is 0 Å². The van der Waals surface area contributed by atoms with Crippen LogP contribution in [0.2, 0.25) is 5.02 Å². The van der Waals surface area contributed by atoms with E-state index in [1.54, 1.807) is 47.4 Å². The molecule has 14 heteroatoms. The van der Waals surface area contributed by atoms with Crippen molar-refractivity contribution < 1.29 is 35.9 Å². The summed E-state index contributed by atoms with van der Waals surface area (Å²) in [5.74, 6) is 0.543. The third-order valence-corrected chi connectivity index (χ3v) is 8.03. The summed E-state index contributed by atoms with van der Waals surface area (Å²) >= 11 is 6.38. The molecule has 2 aromatic heterocycles. The van der Waals surface area contributed by atoms with Gasteiger partial charge in [-0.05, 0) is 66.9 Å². The standard InChI is InChI=1S/C31H28ClF6N5O2/c1-45-26-9-6-20(17-25(26)32)29-40-28(19-10-12-39-13-11-19)41-43(29)15-14-42(23-4-2-3-5-23)27(44)18-21-16-22(30(33,34)35)7-8-24(21)31(36,37)38/h6-13,16-17,23H,2-5,14-15,18H2,1H3. The first-order valence-electron chi connectivity index (χ1n) is 14.1. The lowest BCUT2D eigenvalue weighted by atomic mass is 9.99. The minimum atomic E-state index is -4.93. The number of carbonyl (C=O) groups excluding carboxylic acids is 1. The summed E-state index contributed by atoms with van der Waals surface area (Å²) in [4.78, 5) is 23.8. The zero-order valence-corrected chi connectivity index (χ0v) is 24.8. The Morgan fingerprint density at radius 3 is 2.31 bits per heavy atom. The van der Waals surface area contributed by atoms with E-state index in [2.05, 4.69) is 10.1 Å². The van der Waals surface area contributed by atoms with Crippen LogP contribution < -0.4 is 4.74 Å². The number of carbonyl (C=O) groups is 1. The van der Waals surface area contributed by atoms with E-state index in [1.807, 2.05) is 0 Å². The molecular formula is C31H28ClF6N5O2. The molecular weight excluding hydrogens is 624 g/mol. The van der Waals surface area contributed by atoms with Crippen molar-refractivity contribution in [2.75, 3.05) is 13.7 Å². The quantitative estimate of drug-likeness (QED) is 0.173. The summed E-state index contributed by atoms with van der Waals surface area (Å²) in [5, 5.41) is 4.98. The number of pyridine rings is 1. The molecule has 45 heavy (non-hydrogen) atoms. The van der Waals surface area contributed by atoms with Crippen LogP contribution in [-0.4, -0.2) is 50.3 Å². The van der Waals surface area contributed by atoms with Crippen molar-refractivity contribution >= 4 is 17.5 Å². The maximum Gasteiger partial charge on any atom is 0.416 e. The number of alkyl halides is 6. The van der Waals surface area contributed by atoms with E-state index < -0.39 is 41.4 Å². The Labute approximate surface area is 259 Å². The topological polar surface area (TPSA) is 73.1 Å². The van der Waals surface area contributed by atoms with Crippen LogP contribution in [0, 0.1) is 0 Å². The van der Waals surface area contributed by atoms with Gasteiger partial charge in [-0.3, -0.25) is 9.78 Å². The van der Waals surface area contributed by atoms with Gasteiger partial charge in [0.05, 0.1) is 36.2 Å². The van der Waals surface area contributed by atoms with Crippen molar-refractivity contribution in [3.8, 4) is 28.5 Å². The Balaban J connectivity index is 1.47. The Kier molecular flexibility index (Phi) is 9.38. The largest absolute Gasteiger partial charge is 0.495 e. The normalized spacial score (nSPS) is 14.1. The van der Waals surface area contributed by atoms with Crippen LogP contribution in [0.3, 0.4) is 0 Å². The van der Waals surface area contributed by atoms with E-state index in [0.717, 1.165) is 12.8 Å². The Bertz CT molecular complexity index is 1650. The Hall–Kier alpha value is -4.13. The minimum absolute atomic E-state index is 0.0415. The van der Waals surface area contributed by atoms with Gasteiger partial charge >= 0.3 is 12.4 Å².